The fourth-order valence-electron chi connectivity index (χ4n) is 2.43. The summed E-state index contributed by atoms with van der Waals surface area (Å²) in [6.07, 6.45) is -0.344. The molecule has 25 heavy (non-hydrogen) atoms. The van der Waals surface area contributed by atoms with Crippen LogP contribution in [0.2, 0.25) is 0 Å². The molecule has 1 aliphatic rings. The van der Waals surface area contributed by atoms with Crippen molar-refractivity contribution in [2.24, 2.45) is 5.10 Å². The average molecular weight is 339 g/mol. The number of nitrogens with one attached hydrogen (secondary N) is 1. The van der Waals surface area contributed by atoms with E-state index in [0.717, 1.165) is 17.0 Å². The quantitative estimate of drug-likeness (QED) is 0.645. The molecule has 0 atom stereocenters. The van der Waals surface area contributed by atoms with Crippen molar-refractivity contribution in [3.8, 4) is 0 Å². The van der Waals surface area contributed by atoms with Crippen molar-refractivity contribution in [2.45, 2.75) is 6.92 Å². The number of carboxylic acids is 1. The first kappa shape index (κ1) is 16.5. The number of amides is 1. The second-order valence-electron chi connectivity index (χ2n) is 5.51. The summed E-state index contributed by atoms with van der Waals surface area (Å²) in [5.74, 6) is -0.969. The van der Waals surface area contributed by atoms with Gasteiger partial charge in [-0.25, -0.2) is 9.59 Å². The summed E-state index contributed by atoms with van der Waals surface area (Å²) in [5.41, 5.74) is 6.16. The van der Waals surface area contributed by atoms with Gasteiger partial charge in [0.1, 0.15) is 6.61 Å². The lowest BCUT2D eigenvalue weighted by Crippen LogP contribution is -2.23. The van der Waals surface area contributed by atoms with Gasteiger partial charge in [0, 0.05) is 5.69 Å². The van der Waals surface area contributed by atoms with Crippen LogP contribution < -0.4 is 10.3 Å². The van der Waals surface area contributed by atoms with E-state index in [4.69, 9.17) is 9.84 Å². The van der Waals surface area contributed by atoms with Gasteiger partial charge in [-0.3, -0.25) is 10.3 Å². The van der Waals surface area contributed by atoms with Gasteiger partial charge < -0.3 is 9.84 Å². The fraction of sp³-hybridized carbons (Fsp3) is 0.167. The van der Waals surface area contributed by atoms with E-state index in [1.807, 2.05) is 31.2 Å². The molecule has 0 bridgehead atoms. The van der Waals surface area contributed by atoms with E-state index in [0.29, 0.717) is 18.8 Å². The number of ether oxygens (including phenoxy) is 1. The zero-order valence-corrected chi connectivity index (χ0v) is 13.6. The maximum atomic E-state index is 11.7. The van der Waals surface area contributed by atoms with E-state index in [-0.39, 0.29) is 11.7 Å². The van der Waals surface area contributed by atoms with Crippen molar-refractivity contribution in [1.29, 1.82) is 0 Å². The molecule has 7 heteroatoms. The molecule has 1 saturated heterocycles. The summed E-state index contributed by atoms with van der Waals surface area (Å²) < 4.78 is 4.95. The van der Waals surface area contributed by atoms with Crippen LogP contribution in [0.1, 0.15) is 22.8 Å². The van der Waals surface area contributed by atoms with Gasteiger partial charge in [-0.15, -0.1) is 0 Å². The second-order valence-corrected chi connectivity index (χ2v) is 5.51. The Labute approximate surface area is 144 Å². The van der Waals surface area contributed by atoms with Crippen LogP contribution in [0.25, 0.3) is 0 Å². The van der Waals surface area contributed by atoms with E-state index in [1.54, 1.807) is 17.0 Å². The molecule has 2 aromatic carbocycles. The van der Waals surface area contributed by atoms with Gasteiger partial charge in [0.2, 0.25) is 0 Å². The Bertz CT molecular complexity index is 830. The molecule has 0 spiro atoms. The number of benzene rings is 2. The maximum Gasteiger partial charge on any atom is 0.414 e. The first-order valence-electron chi connectivity index (χ1n) is 7.73. The summed E-state index contributed by atoms with van der Waals surface area (Å²) in [6.45, 7) is 2.77. The van der Waals surface area contributed by atoms with E-state index in [1.165, 1.54) is 12.1 Å². The molecule has 2 N–H and O–H groups in total. The molecule has 1 heterocycles. The Hall–Kier alpha value is -3.35. The monoisotopic (exact) mass is 339 g/mol. The summed E-state index contributed by atoms with van der Waals surface area (Å²) in [7, 11) is 0. The molecule has 1 fully saturated rings. The molecule has 0 aliphatic carbocycles. The van der Waals surface area contributed by atoms with Gasteiger partial charge >= 0.3 is 12.1 Å². The van der Waals surface area contributed by atoms with Crippen LogP contribution >= 0.6 is 0 Å². The van der Waals surface area contributed by atoms with E-state index >= 15 is 0 Å². The van der Waals surface area contributed by atoms with Gasteiger partial charge in [-0.1, -0.05) is 12.1 Å². The highest BCUT2D eigenvalue weighted by molar-refractivity contribution is 6.01. The van der Waals surface area contributed by atoms with Crippen molar-refractivity contribution in [3.63, 3.8) is 0 Å². The van der Waals surface area contributed by atoms with Crippen LogP contribution in [0.4, 0.5) is 16.2 Å². The van der Waals surface area contributed by atoms with Crippen molar-refractivity contribution < 1.29 is 19.4 Å². The summed E-state index contributed by atoms with van der Waals surface area (Å²) in [6, 6.07) is 13.8. The van der Waals surface area contributed by atoms with Crippen LogP contribution in [0.15, 0.2) is 53.6 Å². The molecule has 0 saturated carbocycles. The average Bonchev–Trinajstić information content (AvgIpc) is 3.06. The Morgan fingerprint density at radius 2 is 1.96 bits per heavy atom. The standard InChI is InChI=1S/C18H17N3O4/c1-12(19-20-15-7-5-13(6-8-15)17(22)23)14-3-2-4-16(11-14)21-9-10-25-18(21)24/h2-8,11,20H,9-10H2,1H3,(H,22,23)/b19-12-. The Morgan fingerprint density at radius 1 is 1.20 bits per heavy atom. The molecule has 7 nitrogen and oxygen atoms in total. The highest BCUT2D eigenvalue weighted by atomic mass is 16.6. The largest absolute Gasteiger partial charge is 0.478 e. The third-order valence-electron chi connectivity index (χ3n) is 3.82. The first-order valence-corrected chi connectivity index (χ1v) is 7.73. The van der Waals surface area contributed by atoms with Crippen LogP contribution in [-0.2, 0) is 4.74 Å². The number of aromatic carboxylic acids is 1. The Morgan fingerprint density at radius 3 is 2.60 bits per heavy atom. The van der Waals surface area contributed by atoms with Gasteiger partial charge in [-0.2, -0.15) is 5.10 Å². The topological polar surface area (TPSA) is 91.2 Å². The summed E-state index contributed by atoms with van der Waals surface area (Å²) in [4.78, 5) is 24.1. The van der Waals surface area contributed by atoms with Crippen molar-refractivity contribution >= 4 is 29.1 Å². The second kappa shape index (κ2) is 7.04. The molecule has 128 valence electrons. The van der Waals surface area contributed by atoms with E-state index < -0.39 is 5.97 Å². The number of hydrazone groups is 1. The minimum Gasteiger partial charge on any atom is -0.478 e. The minimum atomic E-state index is -0.969. The van der Waals surface area contributed by atoms with Gasteiger partial charge in [0.05, 0.1) is 23.5 Å². The zero-order valence-electron chi connectivity index (χ0n) is 13.6. The smallest absolute Gasteiger partial charge is 0.414 e. The number of hydrogen-bond donors (Lipinski definition) is 2. The number of nitrogens with zero attached hydrogens (tertiary/aromatic N) is 2. The highest BCUT2D eigenvalue weighted by Gasteiger charge is 2.23. The third-order valence-corrected chi connectivity index (χ3v) is 3.82. The molecular weight excluding hydrogens is 322 g/mol. The van der Waals surface area contributed by atoms with Crippen molar-refractivity contribution in [2.75, 3.05) is 23.5 Å². The number of carbonyl (C=O) groups excluding carboxylic acids is 1. The highest BCUT2D eigenvalue weighted by Crippen LogP contribution is 2.20. The Kier molecular flexibility index (Phi) is 4.65. The fourth-order valence-corrected chi connectivity index (χ4v) is 2.43. The van der Waals surface area contributed by atoms with Crippen LogP contribution in [0.3, 0.4) is 0 Å². The maximum absolute atomic E-state index is 11.7. The number of carbonyl (C=O) groups is 2. The summed E-state index contributed by atoms with van der Waals surface area (Å²) >= 11 is 0. The molecule has 0 aromatic heterocycles. The lowest BCUT2D eigenvalue weighted by Gasteiger charge is -2.13. The van der Waals surface area contributed by atoms with Crippen molar-refractivity contribution in [1.82, 2.24) is 0 Å². The molecule has 1 aliphatic heterocycles. The van der Waals surface area contributed by atoms with E-state index in [2.05, 4.69) is 10.5 Å². The van der Waals surface area contributed by atoms with Gasteiger partial charge in [0.15, 0.2) is 0 Å². The first-order chi connectivity index (χ1) is 12.0. The van der Waals surface area contributed by atoms with Gasteiger partial charge in [0.25, 0.3) is 0 Å². The van der Waals surface area contributed by atoms with E-state index in [9.17, 15) is 9.59 Å². The molecule has 2 aromatic rings. The SMILES string of the molecule is C/C(=N/Nc1ccc(C(=O)O)cc1)c1cccc(N2CCOC2=O)c1. The minimum absolute atomic E-state index is 0.219. The number of anilines is 2. The van der Waals surface area contributed by atoms with Crippen molar-refractivity contribution in [3.05, 3.63) is 59.7 Å². The van der Waals surface area contributed by atoms with Crippen LogP contribution in [-0.4, -0.2) is 36.0 Å². The number of carboxylic acid groups (broad SMARTS) is 1. The van der Waals surface area contributed by atoms with Gasteiger partial charge in [-0.05, 0) is 48.9 Å². The molecule has 0 unspecified atom stereocenters. The molecule has 0 radical (unpaired) electrons. The Balaban J connectivity index is 1.73. The number of cyclic esters (lactones) is 1. The van der Waals surface area contributed by atoms with Crippen LogP contribution in [0.5, 0.6) is 0 Å². The summed E-state index contributed by atoms with van der Waals surface area (Å²) in [5, 5.41) is 13.2. The molecule has 3 rings (SSSR count). The van der Waals surface area contributed by atoms with Crippen LogP contribution in [0, 0.1) is 0 Å². The normalized spacial score (nSPS) is 14.4. The lowest BCUT2D eigenvalue weighted by molar-refractivity contribution is 0.0697. The number of hydrogen-bond acceptors (Lipinski definition) is 5. The lowest BCUT2D eigenvalue weighted by atomic mass is 10.1. The number of rotatable bonds is 5. The predicted molar refractivity (Wildman–Crippen MR) is 94.4 cm³/mol. The molecule has 1 amide bonds. The zero-order chi connectivity index (χ0) is 17.8. The third kappa shape index (κ3) is 3.77. The predicted octanol–water partition coefficient (Wildman–Crippen LogP) is 3.18. The molecular formula is C18H17N3O4.